The van der Waals surface area contributed by atoms with Crippen molar-refractivity contribution < 1.29 is 5.11 Å². The van der Waals surface area contributed by atoms with Gasteiger partial charge in [0.1, 0.15) is 5.01 Å². The predicted molar refractivity (Wildman–Crippen MR) is 70.1 cm³/mol. The number of β-amino-alcohol motifs (C(OH)–C–C–N with tert-alkyl or cyclic N) is 1. The van der Waals surface area contributed by atoms with Gasteiger partial charge in [0.15, 0.2) is 0 Å². The molecule has 3 rings (SSSR count). The minimum Gasteiger partial charge on any atom is -0.392 e. The van der Waals surface area contributed by atoms with E-state index >= 15 is 0 Å². The third-order valence-corrected chi connectivity index (χ3v) is 4.20. The molecule has 1 aromatic carbocycles. The van der Waals surface area contributed by atoms with Gasteiger partial charge < -0.3 is 5.11 Å². The molecule has 2 aromatic rings. The highest BCUT2D eigenvalue weighted by atomic mass is 32.1. The van der Waals surface area contributed by atoms with Crippen LogP contribution in [0.25, 0.3) is 10.2 Å². The summed E-state index contributed by atoms with van der Waals surface area (Å²) in [5, 5.41) is 10.8. The first-order valence-electron chi connectivity index (χ1n) is 6.06. The Morgan fingerprint density at radius 2 is 2.29 bits per heavy atom. The van der Waals surface area contributed by atoms with Crippen molar-refractivity contribution in [2.45, 2.75) is 25.5 Å². The number of likely N-dealkylation sites (tertiary alicyclic amines) is 1. The molecule has 1 aliphatic heterocycles. The average molecular weight is 248 g/mol. The Labute approximate surface area is 105 Å². The van der Waals surface area contributed by atoms with E-state index in [1.807, 2.05) is 6.07 Å². The molecule has 17 heavy (non-hydrogen) atoms. The van der Waals surface area contributed by atoms with Crippen LogP contribution in [0.15, 0.2) is 24.3 Å². The predicted octanol–water partition coefficient (Wildman–Crippen LogP) is 2.25. The number of para-hydroxylation sites is 1. The van der Waals surface area contributed by atoms with Crippen LogP contribution in [-0.2, 0) is 6.54 Å². The second-order valence-electron chi connectivity index (χ2n) is 4.61. The lowest BCUT2D eigenvalue weighted by Crippen LogP contribution is -2.37. The summed E-state index contributed by atoms with van der Waals surface area (Å²) < 4.78 is 1.25. The van der Waals surface area contributed by atoms with E-state index in [1.165, 1.54) is 4.70 Å². The van der Waals surface area contributed by atoms with Gasteiger partial charge >= 0.3 is 0 Å². The number of aromatic nitrogens is 1. The number of benzene rings is 1. The highest BCUT2D eigenvalue weighted by Crippen LogP contribution is 2.23. The van der Waals surface area contributed by atoms with Crippen LogP contribution >= 0.6 is 11.3 Å². The number of nitrogens with zero attached hydrogens (tertiary/aromatic N) is 2. The number of hydrogen-bond donors (Lipinski definition) is 1. The van der Waals surface area contributed by atoms with Crippen LogP contribution in [0, 0.1) is 0 Å². The van der Waals surface area contributed by atoms with E-state index in [9.17, 15) is 5.11 Å². The number of aliphatic hydroxyl groups excluding tert-OH is 1. The van der Waals surface area contributed by atoms with Gasteiger partial charge in [0.25, 0.3) is 0 Å². The van der Waals surface area contributed by atoms with Gasteiger partial charge in [-0.15, -0.1) is 11.3 Å². The second kappa shape index (κ2) is 4.72. The number of piperidine rings is 1. The van der Waals surface area contributed by atoms with Crippen LogP contribution in [0.1, 0.15) is 17.8 Å². The zero-order valence-corrected chi connectivity index (χ0v) is 10.5. The summed E-state index contributed by atoms with van der Waals surface area (Å²) >= 11 is 1.76. The molecule has 0 spiro atoms. The third-order valence-electron chi connectivity index (χ3n) is 3.18. The Kier molecular flexibility index (Phi) is 3.09. The van der Waals surface area contributed by atoms with Crippen molar-refractivity contribution in [2.75, 3.05) is 13.1 Å². The molecule has 0 bridgehead atoms. The smallest absolute Gasteiger partial charge is 0.108 e. The summed E-state index contributed by atoms with van der Waals surface area (Å²) in [6, 6.07) is 8.24. The quantitative estimate of drug-likeness (QED) is 0.885. The fourth-order valence-corrected chi connectivity index (χ4v) is 3.36. The molecule has 0 aliphatic carbocycles. The maximum Gasteiger partial charge on any atom is 0.108 e. The van der Waals surface area contributed by atoms with Gasteiger partial charge in [0.05, 0.1) is 22.9 Å². The first-order valence-corrected chi connectivity index (χ1v) is 6.88. The third kappa shape index (κ3) is 2.49. The van der Waals surface area contributed by atoms with E-state index in [-0.39, 0.29) is 6.10 Å². The van der Waals surface area contributed by atoms with Gasteiger partial charge in [-0.05, 0) is 31.5 Å². The Bertz CT molecular complexity index is 478. The van der Waals surface area contributed by atoms with Crippen LogP contribution in [0.5, 0.6) is 0 Å². The molecule has 1 saturated heterocycles. The van der Waals surface area contributed by atoms with E-state index in [0.717, 1.165) is 43.0 Å². The van der Waals surface area contributed by atoms with Gasteiger partial charge in [-0.25, -0.2) is 4.98 Å². The SMILES string of the molecule is OC1CCCN(Cc2nc3ccccc3s2)C1. The topological polar surface area (TPSA) is 36.4 Å². The molecule has 1 N–H and O–H groups in total. The van der Waals surface area contributed by atoms with E-state index < -0.39 is 0 Å². The Balaban J connectivity index is 1.75. The maximum atomic E-state index is 9.64. The number of thiazole rings is 1. The zero-order valence-electron chi connectivity index (χ0n) is 9.67. The first-order chi connectivity index (χ1) is 8.31. The number of aliphatic hydroxyl groups is 1. The molecule has 0 radical (unpaired) electrons. The standard InChI is InChI=1S/C13H16N2OS/c16-10-4-3-7-15(8-10)9-13-14-11-5-1-2-6-12(11)17-13/h1-2,5-6,10,16H,3-4,7-9H2. The van der Waals surface area contributed by atoms with Gasteiger partial charge in [-0.3, -0.25) is 4.90 Å². The molecule has 0 amide bonds. The van der Waals surface area contributed by atoms with Crippen LogP contribution in [0.3, 0.4) is 0 Å². The maximum absolute atomic E-state index is 9.64. The van der Waals surface area contributed by atoms with E-state index in [2.05, 4.69) is 28.1 Å². The Hall–Kier alpha value is -0.970. The molecule has 1 atom stereocenters. The van der Waals surface area contributed by atoms with Crippen molar-refractivity contribution in [3.63, 3.8) is 0 Å². The van der Waals surface area contributed by atoms with Crippen molar-refractivity contribution in [1.29, 1.82) is 0 Å². The van der Waals surface area contributed by atoms with Crippen molar-refractivity contribution in [2.24, 2.45) is 0 Å². The molecular formula is C13H16N2OS. The Morgan fingerprint density at radius 3 is 3.12 bits per heavy atom. The molecule has 2 heterocycles. The minimum absolute atomic E-state index is 0.155. The van der Waals surface area contributed by atoms with Crippen LogP contribution in [-0.4, -0.2) is 34.2 Å². The number of hydrogen-bond acceptors (Lipinski definition) is 4. The molecule has 4 heteroatoms. The van der Waals surface area contributed by atoms with Gasteiger partial charge in [-0.2, -0.15) is 0 Å². The molecule has 1 aliphatic rings. The zero-order chi connectivity index (χ0) is 11.7. The van der Waals surface area contributed by atoms with E-state index in [0.29, 0.717) is 0 Å². The van der Waals surface area contributed by atoms with Gasteiger partial charge in [0, 0.05) is 6.54 Å². The number of fused-ring (bicyclic) bond motifs is 1. The lowest BCUT2D eigenvalue weighted by atomic mass is 10.1. The Morgan fingerprint density at radius 1 is 1.41 bits per heavy atom. The summed E-state index contributed by atoms with van der Waals surface area (Å²) in [7, 11) is 0. The average Bonchev–Trinajstić information content (AvgIpc) is 2.71. The molecule has 3 nitrogen and oxygen atoms in total. The highest BCUT2D eigenvalue weighted by Gasteiger charge is 2.18. The van der Waals surface area contributed by atoms with Crippen LogP contribution in [0.4, 0.5) is 0 Å². The highest BCUT2D eigenvalue weighted by molar-refractivity contribution is 7.18. The van der Waals surface area contributed by atoms with E-state index in [1.54, 1.807) is 11.3 Å². The monoisotopic (exact) mass is 248 g/mol. The lowest BCUT2D eigenvalue weighted by Gasteiger charge is -2.29. The molecular weight excluding hydrogens is 232 g/mol. The summed E-state index contributed by atoms with van der Waals surface area (Å²) in [6.07, 6.45) is 1.88. The van der Waals surface area contributed by atoms with Crippen molar-refractivity contribution in [1.82, 2.24) is 9.88 Å². The van der Waals surface area contributed by atoms with Crippen LogP contribution < -0.4 is 0 Å². The van der Waals surface area contributed by atoms with Crippen molar-refractivity contribution in [3.05, 3.63) is 29.3 Å². The molecule has 90 valence electrons. The largest absolute Gasteiger partial charge is 0.392 e. The van der Waals surface area contributed by atoms with Crippen LogP contribution in [0.2, 0.25) is 0 Å². The fourth-order valence-electron chi connectivity index (χ4n) is 2.35. The minimum atomic E-state index is -0.155. The lowest BCUT2D eigenvalue weighted by molar-refractivity contribution is 0.0668. The normalized spacial score (nSPS) is 22.1. The number of rotatable bonds is 2. The van der Waals surface area contributed by atoms with E-state index in [4.69, 9.17) is 0 Å². The van der Waals surface area contributed by atoms with Crippen molar-refractivity contribution in [3.8, 4) is 0 Å². The molecule has 1 aromatic heterocycles. The van der Waals surface area contributed by atoms with Crippen molar-refractivity contribution >= 4 is 21.6 Å². The molecule has 1 fully saturated rings. The van der Waals surface area contributed by atoms with Gasteiger partial charge in [0.2, 0.25) is 0 Å². The summed E-state index contributed by atoms with van der Waals surface area (Å²) in [5.41, 5.74) is 1.09. The molecule has 1 unspecified atom stereocenters. The summed E-state index contributed by atoms with van der Waals surface area (Å²) in [4.78, 5) is 6.92. The van der Waals surface area contributed by atoms with Gasteiger partial charge in [-0.1, -0.05) is 12.1 Å². The summed E-state index contributed by atoms with van der Waals surface area (Å²) in [6.45, 7) is 2.74. The first kappa shape index (κ1) is 11.1. The molecule has 0 saturated carbocycles. The second-order valence-corrected chi connectivity index (χ2v) is 5.72. The summed E-state index contributed by atoms with van der Waals surface area (Å²) in [5.74, 6) is 0. The fraction of sp³-hybridized carbons (Fsp3) is 0.462.